The van der Waals surface area contributed by atoms with Crippen LogP contribution in [0.4, 0.5) is 0 Å². The number of nitrogens with one attached hydrogen (secondary N) is 1. The van der Waals surface area contributed by atoms with Gasteiger partial charge in [0.15, 0.2) is 0 Å². The molecule has 6 heteroatoms. The number of carbonyl (C=O) groups is 2. The fraction of sp³-hybridized carbons (Fsp3) is 0.922. The van der Waals surface area contributed by atoms with Gasteiger partial charge in [0, 0.05) is 6.42 Å². The predicted octanol–water partition coefficient (Wildman–Crippen LogP) is 15.0. The van der Waals surface area contributed by atoms with Crippen LogP contribution < -0.4 is 5.32 Å². The molecule has 3 N–H and O–H groups in total. The van der Waals surface area contributed by atoms with Gasteiger partial charge in [-0.05, 0) is 44.9 Å². The summed E-state index contributed by atoms with van der Waals surface area (Å²) in [5.41, 5.74) is 0. The van der Waals surface area contributed by atoms with Gasteiger partial charge in [-0.1, -0.05) is 232 Å². The summed E-state index contributed by atoms with van der Waals surface area (Å²) < 4.78 is 5.90. The second-order valence-corrected chi connectivity index (χ2v) is 17.6. The summed E-state index contributed by atoms with van der Waals surface area (Å²) in [6, 6.07) is -0.702. The maximum absolute atomic E-state index is 13.2. The standard InChI is InChI=1S/C51H99NO5/c1-4-7-10-13-16-19-22-23-24-25-26-29-31-34-37-40-43-49(54)48(46-53)52-50(55)45-47(42-39-36-33-30-27-20-17-14-11-8-5-2)57-51(56)44-41-38-35-32-28-21-18-15-12-9-6-3/h30,33,47-49,53-54H,4-29,31-32,34-46H2,1-3H3,(H,52,55)/b33-30-. The summed E-state index contributed by atoms with van der Waals surface area (Å²) >= 11 is 0. The lowest BCUT2D eigenvalue weighted by Gasteiger charge is -2.24. The van der Waals surface area contributed by atoms with E-state index in [0.29, 0.717) is 19.3 Å². The molecule has 338 valence electrons. The first-order valence-corrected chi connectivity index (χ1v) is 25.4. The third-order valence-electron chi connectivity index (χ3n) is 11.8. The number of aliphatic hydroxyl groups is 2. The van der Waals surface area contributed by atoms with E-state index in [-0.39, 0.29) is 24.9 Å². The Balaban J connectivity index is 4.48. The van der Waals surface area contributed by atoms with Crippen molar-refractivity contribution in [1.82, 2.24) is 5.32 Å². The first-order valence-electron chi connectivity index (χ1n) is 25.4. The van der Waals surface area contributed by atoms with E-state index in [9.17, 15) is 19.8 Å². The number of aliphatic hydroxyl groups excluding tert-OH is 2. The van der Waals surface area contributed by atoms with Crippen molar-refractivity contribution in [3.8, 4) is 0 Å². The van der Waals surface area contributed by atoms with Gasteiger partial charge in [-0.15, -0.1) is 0 Å². The van der Waals surface area contributed by atoms with Gasteiger partial charge >= 0.3 is 5.97 Å². The monoisotopic (exact) mass is 806 g/mol. The fourth-order valence-electron chi connectivity index (χ4n) is 7.96. The van der Waals surface area contributed by atoms with E-state index < -0.39 is 18.2 Å². The molecule has 0 heterocycles. The van der Waals surface area contributed by atoms with Gasteiger partial charge in [-0.25, -0.2) is 0 Å². The summed E-state index contributed by atoms with van der Waals surface area (Å²) in [6.45, 7) is 6.48. The molecular formula is C51H99NO5. The number of unbranched alkanes of at least 4 members (excludes halogenated alkanes) is 32. The van der Waals surface area contributed by atoms with Gasteiger partial charge < -0.3 is 20.3 Å². The molecule has 0 saturated carbocycles. The SMILES string of the molecule is CCCCCCCC/C=C\CCCC(CC(=O)NC(CO)C(O)CCCCCCCCCCCCCCCCCC)OC(=O)CCCCCCCCCCCCC. The molecule has 1 amide bonds. The summed E-state index contributed by atoms with van der Waals surface area (Å²) in [5.74, 6) is -0.490. The van der Waals surface area contributed by atoms with E-state index in [2.05, 4.69) is 38.2 Å². The van der Waals surface area contributed by atoms with Gasteiger partial charge in [0.25, 0.3) is 0 Å². The van der Waals surface area contributed by atoms with Crippen molar-refractivity contribution in [2.24, 2.45) is 0 Å². The molecule has 0 saturated heterocycles. The molecule has 0 aliphatic rings. The zero-order valence-electron chi connectivity index (χ0n) is 38.5. The van der Waals surface area contributed by atoms with Crippen LogP contribution in [0.15, 0.2) is 12.2 Å². The Morgan fingerprint density at radius 3 is 1.28 bits per heavy atom. The third-order valence-corrected chi connectivity index (χ3v) is 11.8. The first-order chi connectivity index (χ1) is 28.0. The second kappa shape index (κ2) is 45.7. The van der Waals surface area contributed by atoms with Gasteiger partial charge in [0.2, 0.25) is 5.91 Å². The lowest BCUT2D eigenvalue weighted by molar-refractivity contribution is -0.151. The molecule has 3 atom stereocenters. The van der Waals surface area contributed by atoms with Crippen molar-refractivity contribution in [2.45, 2.75) is 296 Å². The highest BCUT2D eigenvalue weighted by atomic mass is 16.5. The Hall–Kier alpha value is -1.40. The largest absolute Gasteiger partial charge is 0.462 e. The maximum Gasteiger partial charge on any atom is 0.306 e. The van der Waals surface area contributed by atoms with E-state index in [1.54, 1.807) is 0 Å². The number of hydrogen-bond acceptors (Lipinski definition) is 5. The number of rotatable bonds is 46. The van der Waals surface area contributed by atoms with Crippen LogP contribution in [0.1, 0.15) is 278 Å². The van der Waals surface area contributed by atoms with Crippen molar-refractivity contribution in [1.29, 1.82) is 0 Å². The third kappa shape index (κ3) is 41.1. The highest BCUT2D eigenvalue weighted by molar-refractivity contribution is 5.77. The average molecular weight is 806 g/mol. The molecule has 0 aromatic carbocycles. The Morgan fingerprint density at radius 2 is 0.860 bits per heavy atom. The molecule has 0 bridgehead atoms. The molecule has 0 spiro atoms. The molecule has 0 fully saturated rings. The summed E-state index contributed by atoms with van der Waals surface area (Å²) in [4.78, 5) is 26.0. The van der Waals surface area contributed by atoms with Crippen LogP contribution in [-0.4, -0.2) is 46.9 Å². The molecule has 57 heavy (non-hydrogen) atoms. The van der Waals surface area contributed by atoms with Crippen LogP contribution in [-0.2, 0) is 14.3 Å². The number of carbonyl (C=O) groups excluding carboxylic acids is 2. The predicted molar refractivity (Wildman–Crippen MR) is 246 cm³/mol. The molecule has 0 aliphatic heterocycles. The minimum atomic E-state index is -0.788. The molecule has 0 aromatic heterocycles. The Bertz CT molecular complexity index is 863. The van der Waals surface area contributed by atoms with Gasteiger partial charge in [-0.2, -0.15) is 0 Å². The van der Waals surface area contributed by atoms with Crippen molar-refractivity contribution in [3.63, 3.8) is 0 Å². The van der Waals surface area contributed by atoms with E-state index in [1.165, 1.54) is 180 Å². The van der Waals surface area contributed by atoms with Crippen LogP contribution in [0.25, 0.3) is 0 Å². The second-order valence-electron chi connectivity index (χ2n) is 17.6. The van der Waals surface area contributed by atoms with Crippen LogP contribution in [0.5, 0.6) is 0 Å². The lowest BCUT2D eigenvalue weighted by atomic mass is 10.0. The van der Waals surface area contributed by atoms with Gasteiger partial charge in [0.1, 0.15) is 6.10 Å². The zero-order chi connectivity index (χ0) is 41.7. The lowest BCUT2D eigenvalue weighted by Crippen LogP contribution is -2.46. The minimum absolute atomic E-state index is 0.0632. The van der Waals surface area contributed by atoms with E-state index in [4.69, 9.17) is 4.74 Å². The summed E-state index contributed by atoms with van der Waals surface area (Å²) in [5, 5.41) is 23.7. The number of hydrogen-bond donors (Lipinski definition) is 3. The fourth-order valence-corrected chi connectivity index (χ4v) is 7.96. The quantitative estimate of drug-likeness (QED) is 0.0323. The summed E-state index contributed by atoms with van der Waals surface area (Å²) in [7, 11) is 0. The highest BCUT2D eigenvalue weighted by Gasteiger charge is 2.24. The van der Waals surface area contributed by atoms with Crippen molar-refractivity contribution >= 4 is 11.9 Å². The molecule has 0 rings (SSSR count). The number of amides is 1. The minimum Gasteiger partial charge on any atom is -0.462 e. The van der Waals surface area contributed by atoms with Crippen LogP contribution in [0, 0.1) is 0 Å². The zero-order valence-corrected chi connectivity index (χ0v) is 38.5. The average Bonchev–Trinajstić information content (AvgIpc) is 3.20. The molecule has 3 unspecified atom stereocenters. The number of allylic oxidation sites excluding steroid dienone is 2. The Labute approximate surface area is 355 Å². The molecule has 0 aromatic rings. The van der Waals surface area contributed by atoms with Crippen molar-refractivity contribution < 1.29 is 24.5 Å². The van der Waals surface area contributed by atoms with Crippen LogP contribution >= 0.6 is 0 Å². The van der Waals surface area contributed by atoms with Crippen molar-refractivity contribution in [2.75, 3.05) is 6.61 Å². The summed E-state index contributed by atoms with van der Waals surface area (Å²) in [6.07, 6.45) is 49.9. The Morgan fingerprint density at radius 1 is 0.491 bits per heavy atom. The maximum atomic E-state index is 13.2. The molecule has 0 aliphatic carbocycles. The van der Waals surface area contributed by atoms with Crippen molar-refractivity contribution in [3.05, 3.63) is 12.2 Å². The Kier molecular flexibility index (Phi) is 44.6. The van der Waals surface area contributed by atoms with E-state index in [1.807, 2.05) is 0 Å². The topological polar surface area (TPSA) is 95.9 Å². The molecule has 0 radical (unpaired) electrons. The van der Waals surface area contributed by atoms with E-state index in [0.717, 1.165) is 51.4 Å². The molecular weight excluding hydrogens is 707 g/mol. The van der Waals surface area contributed by atoms with Gasteiger partial charge in [-0.3, -0.25) is 9.59 Å². The smallest absolute Gasteiger partial charge is 0.306 e. The van der Waals surface area contributed by atoms with Gasteiger partial charge in [0.05, 0.1) is 25.2 Å². The van der Waals surface area contributed by atoms with Crippen LogP contribution in [0.3, 0.4) is 0 Å². The number of esters is 1. The first kappa shape index (κ1) is 55.6. The van der Waals surface area contributed by atoms with E-state index >= 15 is 0 Å². The normalized spacial score (nSPS) is 13.3. The molecule has 6 nitrogen and oxygen atoms in total. The highest BCUT2D eigenvalue weighted by Crippen LogP contribution is 2.18. The number of ether oxygens (including phenoxy) is 1. The van der Waals surface area contributed by atoms with Crippen LogP contribution in [0.2, 0.25) is 0 Å².